The molecule has 1 aromatic heterocycles. The average molecular weight is 250 g/mol. The van der Waals surface area contributed by atoms with Crippen LogP contribution in [0.5, 0.6) is 5.75 Å². The molecule has 17 heavy (non-hydrogen) atoms. The van der Waals surface area contributed by atoms with E-state index in [1.54, 1.807) is 19.4 Å². The zero-order valence-electron chi connectivity index (χ0n) is 9.59. The molecule has 0 saturated carbocycles. The van der Waals surface area contributed by atoms with E-state index in [0.29, 0.717) is 0 Å². The number of para-hydroxylation sites is 2. The Morgan fingerprint density at radius 3 is 2.71 bits per heavy atom. The van der Waals surface area contributed by atoms with Crippen molar-refractivity contribution in [1.29, 1.82) is 0 Å². The van der Waals surface area contributed by atoms with Crippen molar-refractivity contribution in [3.8, 4) is 5.75 Å². The highest BCUT2D eigenvalue weighted by atomic mass is 35.5. The molecule has 1 aromatic carbocycles. The van der Waals surface area contributed by atoms with E-state index in [2.05, 4.69) is 9.97 Å². The first-order valence-corrected chi connectivity index (χ1v) is 5.45. The fourth-order valence-electron chi connectivity index (χ4n) is 1.54. The van der Waals surface area contributed by atoms with E-state index in [-0.39, 0.29) is 5.28 Å². The molecular formula is C12H12ClN3O. The zero-order chi connectivity index (χ0) is 12.3. The molecule has 0 spiro atoms. The number of halogens is 1. The van der Waals surface area contributed by atoms with Gasteiger partial charge in [-0.1, -0.05) is 12.1 Å². The number of anilines is 2. The van der Waals surface area contributed by atoms with E-state index in [1.165, 1.54) is 0 Å². The summed E-state index contributed by atoms with van der Waals surface area (Å²) in [6.07, 6.45) is 1.62. The predicted molar refractivity (Wildman–Crippen MR) is 68.1 cm³/mol. The summed E-state index contributed by atoms with van der Waals surface area (Å²) in [7, 11) is 3.54. The largest absolute Gasteiger partial charge is 0.495 e. The summed E-state index contributed by atoms with van der Waals surface area (Å²) in [6.45, 7) is 0. The molecular weight excluding hydrogens is 238 g/mol. The Labute approximate surface area is 105 Å². The van der Waals surface area contributed by atoms with Gasteiger partial charge in [0.25, 0.3) is 0 Å². The van der Waals surface area contributed by atoms with Gasteiger partial charge in [0, 0.05) is 13.2 Å². The van der Waals surface area contributed by atoms with Crippen LogP contribution in [0, 0.1) is 0 Å². The lowest BCUT2D eigenvalue weighted by Crippen LogP contribution is -2.12. The molecule has 1 heterocycles. The van der Waals surface area contributed by atoms with E-state index in [9.17, 15) is 0 Å². The lowest BCUT2D eigenvalue weighted by Gasteiger charge is -2.20. The van der Waals surface area contributed by atoms with Crippen molar-refractivity contribution in [3.05, 3.63) is 41.8 Å². The number of methoxy groups -OCH3 is 1. The Balaban J connectivity index is 2.40. The molecule has 4 nitrogen and oxygen atoms in total. The summed E-state index contributed by atoms with van der Waals surface area (Å²) in [5.41, 5.74) is 0.921. The molecule has 0 atom stereocenters. The number of aromatic nitrogens is 2. The molecule has 2 aromatic rings. The van der Waals surface area contributed by atoms with Gasteiger partial charge in [-0.3, -0.25) is 0 Å². The molecule has 2 rings (SSSR count). The van der Waals surface area contributed by atoms with Gasteiger partial charge in [0.05, 0.1) is 12.8 Å². The van der Waals surface area contributed by atoms with Crippen molar-refractivity contribution in [2.75, 3.05) is 19.1 Å². The zero-order valence-corrected chi connectivity index (χ0v) is 10.3. The molecule has 0 saturated heterocycles. The van der Waals surface area contributed by atoms with Crippen molar-refractivity contribution in [1.82, 2.24) is 9.97 Å². The summed E-state index contributed by atoms with van der Waals surface area (Å²) in [6, 6.07) is 9.50. The van der Waals surface area contributed by atoms with Gasteiger partial charge in [-0.2, -0.15) is 0 Å². The number of hydrogen-bond donors (Lipinski definition) is 0. The van der Waals surface area contributed by atoms with Crippen molar-refractivity contribution in [2.45, 2.75) is 0 Å². The third kappa shape index (κ3) is 2.47. The molecule has 0 bridgehead atoms. The molecule has 0 aliphatic heterocycles. The minimum atomic E-state index is 0.226. The average Bonchev–Trinajstić information content (AvgIpc) is 2.38. The highest BCUT2D eigenvalue weighted by Gasteiger charge is 2.10. The van der Waals surface area contributed by atoms with Crippen molar-refractivity contribution in [3.63, 3.8) is 0 Å². The maximum atomic E-state index is 5.77. The maximum Gasteiger partial charge on any atom is 0.224 e. The number of rotatable bonds is 3. The van der Waals surface area contributed by atoms with E-state index in [4.69, 9.17) is 16.3 Å². The van der Waals surface area contributed by atoms with Gasteiger partial charge in [-0.25, -0.2) is 9.97 Å². The second kappa shape index (κ2) is 5.01. The van der Waals surface area contributed by atoms with E-state index in [1.807, 2.05) is 36.2 Å². The van der Waals surface area contributed by atoms with Crippen LogP contribution in [0.15, 0.2) is 36.5 Å². The molecule has 0 radical (unpaired) electrons. The second-order valence-electron chi connectivity index (χ2n) is 3.41. The summed E-state index contributed by atoms with van der Waals surface area (Å²) in [4.78, 5) is 9.90. The Kier molecular flexibility index (Phi) is 3.44. The van der Waals surface area contributed by atoms with E-state index >= 15 is 0 Å². The molecule has 5 heteroatoms. The van der Waals surface area contributed by atoms with Crippen molar-refractivity contribution in [2.24, 2.45) is 0 Å². The standard InChI is InChI=1S/C12H12ClN3O/c1-16(11-7-8-14-12(13)15-11)9-5-3-4-6-10(9)17-2/h3-8H,1-2H3. The first-order valence-electron chi connectivity index (χ1n) is 5.07. The highest BCUT2D eigenvalue weighted by Crippen LogP contribution is 2.31. The first-order chi connectivity index (χ1) is 8.22. The fraction of sp³-hybridized carbons (Fsp3) is 0.167. The number of benzene rings is 1. The van der Waals surface area contributed by atoms with Gasteiger partial charge in [-0.15, -0.1) is 0 Å². The SMILES string of the molecule is COc1ccccc1N(C)c1ccnc(Cl)n1. The lowest BCUT2D eigenvalue weighted by molar-refractivity contribution is 0.415. The number of nitrogens with zero attached hydrogens (tertiary/aromatic N) is 3. The maximum absolute atomic E-state index is 5.77. The molecule has 0 amide bonds. The minimum absolute atomic E-state index is 0.226. The van der Waals surface area contributed by atoms with Crippen LogP contribution in [0.2, 0.25) is 5.28 Å². The van der Waals surface area contributed by atoms with Crippen LogP contribution in [0.4, 0.5) is 11.5 Å². The Morgan fingerprint density at radius 1 is 1.24 bits per heavy atom. The van der Waals surface area contributed by atoms with Crippen molar-refractivity contribution >= 4 is 23.1 Å². The van der Waals surface area contributed by atoms with Gasteiger partial charge in [0.1, 0.15) is 11.6 Å². The quantitative estimate of drug-likeness (QED) is 0.784. The number of hydrogen-bond acceptors (Lipinski definition) is 4. The lowest BCUT2D eigenvalue weighted by atomic mass is 10.2. The second-order valence-corrected chi connectivity index (χ2v) is 3.75. The molecule has 0 aliphatic rings. The van der Waals surface area contributed by atoms with Gasteiger partial charge < -0.3 is 9.64 Å². The highest BCUT2D eigenvalue weighted by molar-refractivity contribution is 6.28. The van der Waals surface area contributed by atoms with Crippen LogP contribution in [0.3, 0.4) is 0 Å². The fourth-order valence-corrected chi connectivity index (χ4v) is 1.69. The normalized spacial score (nSPS) is 10.1. The van der Waals surface area contributed by atoms with Crippen LogP contribution in [0.1, 0.15) is 0 Å². The van der Waals surface area contributed by atoms with Gasteiger partial charge in [0.2, 0.25) is 5.28 Å². The topological polar surface area (TPSA) is 38.2 Å². The van der Waals surface area contributed by atoms with Crippen LogP contribution < -0.4 is 9.64 Å². The first kappa shape index (κ1) is 11.7. The van der Waals surface area contributed by atoms with Crippen LogP contribution in [0.25, 0.3) is 0 Å². The van der Waals surface area contributed by atoms with E-state index < -0.39 is 0 Å². The Hall–Kier alpha value is -1.81. The Morgan fingerprint density at radius 2 is 2.00 bits per heavy atom. The van der Waals surface area contributed by atoms with Crippen LogP contribution >= 0.6 is 11.6 Å². The molecule has 88 valence electrons. The smallest absolute Gasteiger partial charge is 0.224 e. The minimum Gasteiger partial charge on any atom is -0.495 e. The van der Waals surface area contributed by atoms with Crippen LogP contribution in [-0.4, -0.2) is 24.1 Å². The van der Waals surface area contributed by atoms with Crippen molar-refractivity contribution < 1.29 is 4.74 Å². The molecule has 0 aliphatic carbocycles. The predicted octanol–water partition coefficient (Wildman–Crippen LogP) is 2.91. The molecule has 0 N–H and O–H groups in total. The van der Waals surface area contributed by atoms with Gasteiger partial charge in [0.15, 0.2) is 0 Å². The Bertz CT molecular complexity index is 519. The van der Waals surface area contributed by atoms with Gasteiger partial charge >= 0.3 is 0 Å². The van der Waals surface area contributed by atoms with Gasteiger partial charge in [-0.05, 0) is 29.8 Å². The monoisotopic (exact) mass is 249 g/mol. The molecule has 0 unspecified atom stereocenters. The third-order valence-corrected chi connectivity index (χ3v) is 2.58. The summed E-state index contributed by atoms with van der Waals surface area (Å²) >= 11 is 5.77. The third-order valence-electron chi connectivity index (χ3n) is 2.40. The summed E-state index contributed by atoms with van der Waals surface area (Å²) < 4.78 is 5.30. The number of ether oxygens (including phenoxy) is 1. The van der Waals surface area contributed by atoms with E-state index in [0.717, 1.165) is 17.3 Å². The molecule has 0 fully saturated rings. The summed E-state index contributed by atoms with van der Waals surface area (Å²) in [5.74, 6) is 1.50. The summed E-state index contributed by atoms with van der Waals surface area (Å²) in [5, 5.41) is 0.226. The van der Waals surface area contributed by atoms with Crippen LogP contribution in [-0.2, 0) is 0 Å².